The van der Waals surface area contributed by atoms with E-state index < -0.39 is 0 Å². The molecule has 2 aliphatic rings. The highest BCUT2D eigenvalue weighted by atomic mass is 15.0. The molecule has 4 nitrogen and oxygen atoms in total. The van der Waals surface area contributed by atoms with Crippen LogP contribution in [0.25, 0.3) is 164 Å². The van der Waals surface area contributed by atoms with Gasteiger partial charge in [0.25, 0.3) is 6.71 Å². The van der Waals surface area contributed by atoms with E-state index in [2.05, 4.69) is 246 Å². The van der Waals surface area contributed by atoms with Crippen LogP contribution in [0.5, 0.6) is 0 Å². The first-order valence-electron chi connectivity index (χ1n) is 26.8. The summed E-state index contributed by atoms with van der Waals surface area (Å²) < 4.78 is 5.24. The molecule has 2 aliphatic heterocycles. The van der Waals surface area contributed by atoms with E-state index in [9.17, 15) is 0 Å². The van der Waals surface area contributed by atoms with E-state index in [0.29, 0.717) is 0 Å². The van der Waals surface area contributed by atoms with Gasteiger partial charge in [-0.05, 0) is 131 Å². The molecule has 0 unspecified atom stereocenters. The average Bonchev–Trinajstić information content (AvgIpc) is 3.68. The fraction of sp³-hybridized carbons (Fsp3) is 0. The first-order valence-corrected chi connectivity index (χ1v) is 26.8. The van der Waals surface area contributed by atoms with Gasteiger partial charge < -0.3 is 9.13 Å². The molecule has 350 valence electrons. The van der Waals surface area contributed by atoms with Crippen LogP contribution in [0.3, 0.4) is 0 Å². The Balaban J connectivity index is 1.02. The Morgan fingerprint density at radius 1 is 0.286 bits per heavy atom. The molecule has 6 heterocycles. The van der Waals surface area contributed by atoms with Gasteiger partial charge in [0.1, 0.15) is 0 Å². The Bertz CT molecular complexity index is 5570. The lowest BCUT2D eigenvalue weighted by Gasteiger charge is -2.34. The number of benzene rings is 13. The van der Waals surface area contributed by atoms with Crippen LogP contribution in [0.2, 0.25) is 0 Å². The van der Waals surface area contributed by atoms with Crippen LogP contribution >= 0.6 is 0 Å². The second-order valence-corrected chi connectivity index (χ2v) is 21.5. The summed E-state index contributed by atoms with van der Waals surface area (Å²) in [6.07, 6.45) is 0. The van der Waals surface area contributed by atoms with Gasteiger partial charge in [0.15, 0.2) is 0 Å². The minimum Gasteiger partial charge on any atom is -0.310 e. The molecule has 0 amide bonds. The fourth-order valence-electron chi connectivity index (χ4n) is 14.7. The van der Waals surface area contributed by atoms with Crippen LogP contribution < -0.4 is 16.4 Å². The van der Waals surface area contributed by atoms with Crippen molar-refractivity contribution < 1.29 is 0 Å². The zero-order valence-corrected chi connectivity index (χ0v) is 41.4. The van der Waals surface area contributed by atoms with Crippen molar-refractivity contribution in [2.45, 2.75) is 0 Å². The molecule has 19 rings (SSSR count). The number of nitrogens with zero attached hydrogens (tertiary/aromatic N) is 4. The zero-order valence-electron chi connectivity index (χ0n) is 41.4. The minimum absolute atomic E-state index is 0.111. The quantitative estimate of drug-likeness (QED) is 0.128. The molecule has 17 aromatic rings. The van der Waals surface area contributed by atoms with Gasteiger partial charge in [-0.25, -0.2) is 9.97 Å². The zero-order chi connectivity index (χ0) is 49.8. The normalized spacial score (nSPS) is 12.9. The minimum atomic E-state index is -0.111. The number of hydrogen-bond donors (Lipinski definition) is 0. The molecule has 0 spiro atoms. The summed E-state index contributed by atoms with van der Waals surface area (Å²) in [4.78, 5) is 10.6. The van der Waals surface area contributed by atoms with Crippen LogP contribution in [0.1, 0.15) is 0 Å². The second kappa shape index (κ2) is 14.4. The van der Waals surface area contributed by atoms with E-state index in [-0.39, 0.29) is 6.71 Å². The molecule has 4 aromatic heterocycles. The van der Waals surface area contributed by atoms with Gasteiger partial charge in [-0.3, -0.25) is 0 Å². The van der Waals surface area contributed by atoms with Gasteiger partial charge in [-0.1, -0.05) is 176 Å². The monoisotopic (exact) mass is 970 g/mol. The van der Waals surface area contributed by atoms with E-state index in [4.69, 9.17) is 9.97 Å². The van der Waals surface area contributed by atoms with Gasteiger partial charge in [0, 0.05) is 71.1 Å². The molecule has 0 bridgehead atoms. The van der Waals surface area contributed by atoms with Crippen LogP contribution in [0, 0.1) is 0 Å². The number of aromatic nitrogens is 4. The summed E-state index contributed by atoms with van der Waals surface area (Å²) in [7, 11) is 0. The van der Waals surface area contributed by atoms with E-state index in [0.717, 1.165) is 44.3 Å². The number of para-hydroxylation sites is 2. The molecule has 0 saturated heterocycles. The summed E-state index contributed by atoms with van der Waals surface area (Å²) in [5.74, 6) is 0. The highest BCUT2D eigenvalue weighted by molar-refractivity contribution is 7.00. The van der Waals surface area contributed by atoms with Crippen LogP contribution in [-0.4, -0.2) is 25.8 Å². The predicted molar refractivity (Wildman–Crippen MR) is 326 cm³/mol. The summed E-state index contributed by atoms with van der Waals surface area (Å²) in [6, 6.07) is 88.4. The van der Waals surface area contributed by atoms with Crippen molar-refractivity contribution >= 4 is 153 Å². The van der Waals surface area contributed by atoms with Crippen LogP contribution in [0.15, 0.2) is 237 Å². The number of fused-ring (bicyclic) bond motifs is 26. The van der Waals surface area contributed by atoms with Crippen LogP contribution in [-0.2, 0) is 0 Å². The maximum Gasteiger partial charge on any atom is 0.252 e. The molecular weight excluding hydrogens is 932 g/mol. The third-order valence-electron chi connectivity index (χ3n) is 17.8. The molecule has 5 heteroatoms. The highest BCUT2D eigenvalue weighted by Gasteiger charge is 2.42. The standard InChI is InChI=1S/C72H39BN4/c1-11-24-58-40(14-1)28-32-60(74-58)42-30-34-62-53(36-42)55-37-43(61-33-29-41-15-2-12-25-59(41)75-61)38-56-71(55)76(62)64-26-13-27-65-70(64)73(56)57-39-54-49-21-6-4-17-45(49)47-19-8-10-23-51(47)67(54)69-68-63(77(65)72(57)69)35-31-52-48-20-5-3-16-44(48)46-18-7-9-22-50(46)66(52)68/h1-39H. The molecule has 0 atom stereocenters. The Morgan fingerprint density at radius 2 is 0.766 bits per heavy atom. The lowest BCUT2D eigenvalue weighted by atomic mass is 9.34. The fourth-order valence-corrected chi connectivity index (χ4v) is 14.7. The van der Waals surface area contributed by atoms with Crippen molar-refractivity contribution in [1.29, 1.82) is 0 Å². The van der Waals surface area contributed by atoms with Crippen LogP contribution in [0.4, 0.5) is 0 Å². The van der Waals surface area contributed by atoms with Gasteiger partial charge >= 0.3 is 0 Å². The van der Waals surface area contributed by atoms with Gasteiger partial charge in [0.2, 0.25) is 0 Å². The van der Waals surface area contributed by atoms with Gasteiger partial charge in [0.05, 0.1) is 39.0 Å². The average molecular weight is 971 g/mol. The lowest BCUT2D eigenvalue weighted by molar-refractivity contribution is 1.14. The van der Waals surface area contributed by atoms with E-state index in [1.165, 1.54) is 136 Å². The van der Waals surface area contributed by atoms with E-state index in [1.54, 1.807) is 0 Å². The Kier molecular flexibility index (Phi) is 7.53. The Labute approximate surface area is 440 Å². The summed E-state index contributed by atoms with van der Waals surface area (Å²) in [5, 5.41) is 22.7. The Hall–Kier alpha value is -10.1. The lowest BCUT2D eigenvalue weighted by Crippen LogP contribution is -2.59. The summed E-state index contributed by atoms with van der Waals surface area (Å²) >= 11 is 0. The molecule has 77 heavy (non-hydrogen) atoms. The van der Waals surface area contributed by atoms with Crippen molar-refractivity contribution in [3.8, 4) is 33.9 Å². The van der Waals surface area contributed by atoms with Crippen molar-refractivity contribution in [3.63, 3.8) is 0 Å². The maximum absolute atomic E-state index is 5.42. The van der Waals surface area contributed by atoms with Crippen molar-refractivity contribution in [2.24, 2.45) is 0 Å². The highest BCUT2D eigenvalue weighted by Crippen LogP contribution is 2.49. The third-order valence-corrected chi connectivity index (χ3v) is 17.8. The first kappa shape index (κ1) is 40.3. The molecule has 0 N–H and O–H groups in total. The molecule has 13 aromatic carbocycles. The largest absolute Gasteiger partial charge is 0.310 e. The second-order valence-electron chi connectivity index (χ2n) is 21.5. The van der Waals surface area contributed by atoms with E-state index >= 15 is 0 Å². The number of hydrogen-bond acceptors (Lipinski definition) is 2. The van der Waals surface area contributed by atoms with Gasteiger partial charge in [-0.15, -0.1) is 0 Å². The van der Waals surface area contributed by atoms with Crippen molar-refractivity contribution in [3.05, 3.63) is 237 Å². The molecule has 0 fully saturated rings. The molecule has 0 radical (unpaired) electrons. The number of pyridine rings is 2. The SMILES string of the molecule is c1cc2c3c(c1)-n1c4ccc5c6ccccc6c6ccccc6c5c4c4c5c6ccccc6c6ccccc6c5cc(c41)B3c1cc(-c3ccc4ccccc4n3)cc3c4cc(-c5ccc6ccccc6n5)ccc4n-2c13. The summed E-state index contributed by atoms with van der Waals surface area (Å²) in [5.41, 5.74) is 17.4. The summed E-state index contributed by atoms with van der Waals surface area (Å²) in [6.45, 7) is -0.111. The van der Waals surface area contributed by atoms with Crippen molar-refractivity contribution in [1.82, 2.24) is 19.1 Å². The Morgan fingerprint density at radius 3 is 1.40 bits per heavy atom. The first-order chi connectivity index (χ1) is 38.2. The van der Waals surface area contributed by atoms with Gasteiger partial charge in [-0.2, -0.15) is 0 Å². The molecule has 0 aliphatic carbocycles. The maximum atomic E-state index is 5.42. The smallest absolute Gasteiger partial charge is 0.252 e. The molecule has 0 saturated carbocycles. The van der Waals surface area contributed by atoms with Crippen molar-refractivity contribution in [2.75, 3.05) is 0 Å². The molecular formula is C72H39BN4. The topological polar surface area (TPSA) is 35.6 Å². The number of rotatable bonds is 2. The predicted octanol–water partition coefficient (Wildman–Crippen LogP) is 16.4. The van der Waals surface area contributed by atoms with E-state index in [1.807, 2.05) is 0 Å². The third kappa shape index (κ3) is 5.09.